The van der Waals surface area contributed by atoms with E-state index in [1.54, 1.807) is 0 Å². The van der Waals surface area contributed by atoms with E-state index < -0.39 is 0 Å². The van der Waals surface area contributed by atoms with Gasteiger partial charge in [0.05, 0.1) is 0 Å². The summed E-state index contributed by atoms with van der Waals surface area (Å²) in [4.78, 5) is 0. The van der Waals surface area contributed by atoms with E-state index >= 15 is 0 Å². The highest BCUT2D eigenvalue weighted by molar-refractivity contribution is 9.13. The second kappa shape index (κ2) is 9.99. The van der Waals surface area contributed by atoms with Crippen LogP contribution in [-0.4, -0.2) is 6.54 Å². The van der Waals surface area contributed by atoms with Crippen LogP contribution < -0.4 is 5.32 Å². The van der Waals surface area contributed by atoms with Crippen molar-refractivity contribution in [3.63, 3.8) is 0 Å². The van der Waals surface area contributed by atoms with E-state index in [0.717, 1.165) is 22.0 Å². The van der Waals surface area contributed by atoms with Crippen LogP contribution >= 0.6 is 31.9 Å². The molecule has 0 amide bonds. The highest BCUT2D eigenvalue weighted by Gasteiger charge is 1.98. The quantitative estimate of drug-likeness (QED) is 0.548. The van der Waals surface area contributed by atoms with E-state index in [9.17, 15) is 0 Å². The summed E-state index contributed by atoms with van der Waals surface area (Å²) >= 11 is 7.01. The van der Waals surface area contributed by atoms with Gasteiger partial charge in [-0.15, -0.1) is 0 Å². The lowest BCUT2D eigenvalue weighted by Crippen LogP contribution is -2.14. The van der Waals surface area contributed by atoms with Crippen LogP contribution in [0, 0.1) is 0 Å². The number of nitrogens with one attached hydrogen (secondary N) is 1. The summed E-state index contributed by atoms with van der Waals surface area (Å²) in [7, 11) is 0. The zero-order valence-corrected chi connectivity index (χ0v) is 14.3. The molecule has 1 rings (SSSR count). The van der Waals surface area contributed by atoms with Gasteiger partial charge in [-0.2, -0.15) is 0 Å². The Hall–Kier alpha value is 0.140. The summed E-state index contributed by atoms with van der Waals surface area (Å²) in [5, 5.41) is 3.50. The minimum absolute atomic E-state index is 0.959. The van der Waals surface area contributed by atoms with Crippen molar-refractivity contribution in [1.82, 2.24) is 5.32 Å². The van der Waals surface area contributed by atoms with Crippen molar-refractivity contribution in [3.8, 4) is 0 Å². The van der Waals surface area contributed by atoms with Crippen molar-refractivity contribution >= 4 is 31.9 Å². The molecular formula is C15H23Br2N. The van der Waals surface area contributed by atoms with E-state index in [1.165, 1.54) is 44.1 Å². The van der Waals surface area contributed by atoms with Gasteiger partial charge in [-0.25, -0.2) is 0 Å². The van der Waals surface area contributed by atoms with Crippen LogP contribution in [0.3, 0.4) is 0 Å². The van der Waals surface area contributed by atoms with Crippen LogP contribution in [0.4, 0.5) is 0 Å². The van der Waals surface area contributed by atoms with Gasteiger partial charge in [0.15, 0.2) is 0 Å². The highest BCUT2D eigenvalue weighted by Crippen LogP contribution is 2.23. The molecule has 3 heteroatoms. The van der Waals surface area contributed by atoms with E-state index in [2.05, 4.69) is 62.3 Å². The van der Waals surface area contributed by atoms with Gasteiger partial charge in [0, 0.05) is 15.5 Å². The number of benzene rings is 1. The molecule has 1 nitrogen and oxygen atoms in total. The fraction of sp³-hybridized carbons (Fsp3) is 0.600. The summed E-state index contributed by atoms with van der Waals surface area (Å²) in [6.07, 6.45) is 8.16. The summed E-state index contributed by atoms with van der Waals surface area (Å²) < 4.78 is 2.24. The Kier molecular flexibility index (Phi) is 8.99. The largest absolute Gasteiger partial charge is 0.313 e. The van der Waals surface area contributed by atoms with Crippen molar-refractivity contribution in [1.29, 1.82) is 0 Å². The molecule has 18 heavy (non-hydrogen) atoms. The van der Waals surface area contributed by atoms with Gasteiger partial charge in [0.2, 0.25) is 0 Å². The molecule has 0 aromatic heterocycles. The third-order valence-corrected chi connectivity index (χ3v) is 4.90. The third-order valence-electron chi connectivity index (χ3n) is 3.02. The highest BCUT2D eigenvalue weighted by atomic mass is 79.9. The van der Waals surface area contributed by atoms with Crippen LogP contribution in [0.5, 0.6) is 0 Å². The summed E-state index contributed by atoms with van der Waals surface area (Å²) in [5.41, 5.74) is 1.33. The molecule has 0 bridgehead atoms. The zero-order chi connectivity index (χ0) is 13.2. The van der Waals surface area contributed by atoms with E-state index in [0.29, 0.717) is 0 Å². The summed E-state index contributed by atoms with van der Waals surface area (Å²) in [6.45, 7) is 4.35. The van der Waals surface area contributed by atoms with Crippen LogP contribution in [-0.2, 0) is 6.54 Å². The zero-order valence-electron chi connectivity index (χ0n) is 11.1. The van der Waals surface area contributed by atoms with E-state index in [1.807, 2.05) is 0 Å². The summed E-state index contributed by atoms with van der Waals surface area (Å²) in [6, 6.07) is 6.41. The van der Waals surface area contributed by atoms with Crippen molar-refractivity contribution in [2.45, 2.75) is 52.0 Å². The lowest BCUT2D eigenvalue weighted by molar-refractivity contribution is 0.572. The molecule has 0 aliphatic rings. The van der Waals surface area contributed by atoms with Gasteiger partial charge in [-0.05, 0) is 62.5 Å². The molecule has 0 heterocycles. The van der Waals surface area contributed by atoms with E-state index in [4.69, 9.17) is 0 Å². The lowest BCUT2D eigenvalue weighted by atomic mass is 10.1. The Morgan fingerprint density at radius 3 is 2.39 bits per heavy atom. The maximum atomic E-state index is 3.53. The summed E-state index contributed by atoms with van der Waals surface area (Å²) in [5.74, 6) is 0. The first kappa shape index (κ1) is 16.2. The van der Waals surface area contributed by atoms with E-state index in [-0.39, 0.29) is 0 Å². The molecule has 0 atom stereocenters. The molecular weight excluding hydrogens is 354 g/mol. The number of unbranched alkanes of at least 4 members (excludes halogenated alkanes) is 5. The second-order valence-electron chi connectivity index (χ2n) is 4.69. The topological polar surface area (TPSA) is 12.0 Å². The van der Waals surface area contributed by atoms with Gasteiger partial charge < -0.3 is 5.32 Å². The normalized spacial score (nSPS) is 10.8. The molecule has 0 fully saturated rings. The van der Waals surface area contributed by atoms with Crippen LogP contribution in [0.15, 0.2) is 27.1 Å². The van der Waals surface area contributed by atoms with Crippen LogP contribution in [0.1, 0.15) is 51.0 Å². The molecule has 1 aromatic carbocycles. The average Bonchev–Trinajstić information content (AvgIpc) is 2.37. The smallest absolute Gasteiger partial charge is 0.0320 e. The molecule has 0 radical (unpaired) electrons. The molecule has 0 aliphatic carbocycles. The van der Waals surface area contributed by atoms with Gasteiger partial charge in [0.1, 0.15) is 0 Å². The van der Waals surface area contributed by atoms with Crippen molar-refractivity contribution < 1.29 is 0 Å². The fourth-order valence-electron chi connectivity index (χ4n) is 1.91. The van der Waals surface area contributed by atoms with Gasteiger partial charge in [-0.3, -0.25) is 0 Å². The number of hydrogen-bond donors (Lipinski definition) is 1. The predicted octanol–water partition coefficient (Wildman–Crippen LogP) is 5.66. The number of halogens is 2. The van der Waals surface area contributed by atoms with Crippen molar-refractivity contribution in [2.75, 3.05) is 6.54 Å². The molecule has 1 aromatic rings. The Morgan fingerprint density at radius 1 is 0.944 bits per heavy atom. The molecule has 0 spiro atoms. The maximum absolute atomic E-state index is 3.53. The second-order valence-corrected chi connectivity index (χ2v) is 6.40. The van der Waals surface area contributed by atoms with Crippen LogP contribution in [0.2, 0.25) is 0 Å². The fourth-order valence-corrected chi connectivity index (χ4v) is 2.59. The Bertz CT molecular complexity index is 339. The molecule has 0 unspecified atom stereocenters. The first-order valence-electron chi connectivity index (χ1n) is 6.88. The SMILES string of the molecule is CCCCCCCCNCc1ccc(Br)c(Br)c1. The Balaban J connectivity index is 2.05. The minimum atomic E-state index is 0.959. The molecule has 0 aliphatic heterocycles. The minimum Gasteiger partial charge on any atom is -0.313 e. The first-order valence-corrected chi connectivity index (χ1v) is 8.47. The van der Waals surface area contributed by atoms with Crippen molar-refractivity contribution in [3.05, 3.63) is 32.7 Å². The monoisotopic (exact) mass is 375 g/mol. The predicted molar refractivity (Wildman–Crippen MR) is 86.9 cm³/mol. The average molecular weight is 377 g/mol. The molecule has 0 saturated heterocycles. The molecule has 0 saturated carbocycles. The Morgan fingerprint density at radius 2 is 1.67 bits per heavy atom. The van der Waals surface area contributed by atoms with Gasteiger partial charge >= 0.3 is 0 Å². The van der Waals surface area contributed by atoms with Crippen molar-refractivity contribution in [2.24, 2.45) is 0 Å². The third kappa shape index (κ3) is 6.91. The van der Waals surface area contributed by atoms with Crippen LogP contribution in [0.25, 0.3) is 0 Å². The van der Waals surface area contributed by atoms with Gasteiger partial charge in [-0.1, -0.05) is 45.1 Å². The number of hydrogen-bond acceptors (Lipinski definition) is 1. The molecule has 102 valence electrons. The number of rotatable bonds is 9. The van der Waals surface area contributed by atoms with Gasteiger partial charge in [0.25, 0.3) is 0 Å². The lowest BCUT2D eigenvalue weighted by Gasteiger charge is -2.06. The molecule has 1 N–H and O–H groups in total. The first-order chi connectivity index (χ1) is 8.74. The standard InChI is InChI=1S/C15H23Br2N/c1-2-3-4-5-6-7-10-18-12-13-8-9-14(16)15(17)11-13/h8-9,11,18H,2-7,10,12H2,1H3. The maximum Gasteiger partial charge on any atom is 0.0320 e. The Labute approximate surface area is 128 Å².